The van der Waals surface area contributed by atoms with E-state index < -0.39 is 5.97 Å². The summed E-state index contributed by atoms with van der Waals surface area (Å²) in [4.78, 5) is 37.3. The lowest BCUT2D eigenvalue weighted by molar-refractivity contribution is -0.141. The van der Waals surface area contributed by atoms with Crippen LogP contribution in [0.15, 0.2) is 48.5 Å². The van der Waals surface area contributed by atoms with Crippen LogP contribution in [0.4, 0.5) is 10.1 Å². The number of esters is 1. The predicted molar refractivity (Wildman–Crippen MR) is 93.4 cm³/mol. The van der Waals surface area contributed by atoms with Gasteiger partial charge in [0.2, 0.25) is 5.91 Å². The number of amides is 1. The van der Waals surface area contributed by atoms with E-state index in [9.17, 15) is 18.8 Å². The number of nitrogens with zero attached hydrogens (tertiary/aromatic N) is 1. The summed E-state index contributed by atoms with van der Waals surface area (Å²) >= 11 is 0. The summed E-state index contributed by atoms with van der Waals surface area (Å²) in [5, 5.41) is 0. The second kappa shape index (κ2) is 7.91. The Morgan fingerprint density at radius 1 is 1.04 bits per heavy atom. The Morgan fingerprint density at radius 2 is 1.73 bits per heavy atom. The molecule has 0 unspecified atom stereocenters. The first-order valence-electron chi connectivity index (χ1n) is 8.36. The zero-order valence-corrected chi connectivity index (χ0v) is 14.1. The van der Waals surface area contributed by atoms with Gasteiger partial charge in [0.1, 0.15) is 5.82 Å². The Labute approximate surface area is 150 Å². The van der Waals surface area contributed by atoms with E-state index in [1.165, 1.54) is 24.3 Å². The minimum absolute atomic E-state index is 0.0242. The number of anilines is 1. The number of hydrogen-bond donors (Lipinski definition) is 0. The molecule has 0 aliphatic carbocycles. The van der Waals surface area contributed by atoms with Gasteiger partial charge in [-0.15, -0.1) is 0 Å². The molecular weight excluding hydrogens is 337 g/mol. The molecule has 0 atom stereocenters. The molecule has 0 bridgehead atoms. The van der Waals surface area contributed by atoms with E-state index in [1.54, 1.807) is 29.2 Å². The molecule has 0 radical (unpaired) electrons. The van der Waals surface area contributed by atoms with E-state index in [0.717, 1.165) is 12.1 Å². The van der Waals surface area contributed by atoms with Crippen molar-refractivity contribution in [3.8, 4) is 0 Å². The number of rotatable bonds is 6. The lowest BCUT2D eigenvalue weighted by Gasteiger charge is -2.15. The minimum atomic E-state index is -0.552. The normalized spacial score (nSPS) is 13.7. The number of ketones is 1. The van der Waals surface area contributed by atoms with Gasteiger partial charge in [-0.1, -0.05) is 12.1 Å². The van der Waals surface area contributed by atoms with Crippen LogP contribution in [0, 0.1) is 5.82 Å². The van der Waals surface area contributed by atoms with Gasteiger partial charge in [-0.2, -0.15) is 0 Å². The summed E-state index contributed by atoms with van der Waals surface area (Å²) in [5.41, 5.74) is 1.79. The predicted octanol–water partition coefficient (Wildman–Crippen LogP) is 2.92. The minimum Gasteiger partial charge on any atom is -0.457 e. The molecule has 1 aliphatic rings. The summed E-state index contributed by atoms with van der Waals surface area (Å²) in [7, 11) is 0. The largest absolute Gasteiger partial charge is 0.457 e. The quantitative estimate of drug-likeness (QED) is 0.590. The van der Waals surface area contributed by atoms with E-state index in [1.807, 2.05) is 0 Å². The van der Waals surface area contributed by atoms with Crippen LogP contribution in [-0.4, -0.2) is 30.8 Å². The molecule has 3 rings (SSSR count). The molecule has 2 aromatic rings. The van der Waals surface area contributed by atoms with Crippen molar-refractivity contribution in [2.75, 3.05) is 18.1 Å². The van der Waals surface area contributed by atoms with E-state index in [-0.39, 0.29) is 30.5 Å². The van der Waals surface area contributed by atoms with E-state index in [2.05, 4.69) is 0 Å². The van der Waals surface area contributed by atoms with Crippen molar-refractivity contribution < 1.29 is 23.5 Å². The molecule has 6 heteroatoms. The molecule has 26 heavy (non-hydrogen) atoms. The first kappa shape index (κ1) is 17.8. The average molecular weight is 355 g/mol. The maximum Gasteiger partial charge on any atom is 0.310 e. The van der Waals surface area contributed by atoms with Crippen LogP contribution in [0.2, 0.25) is 0 Å². The Hall–Kier alpha value is -3.02. The molecular formula is C20H18FNO4. The zero-order chi connectivity index (χ0) is 18.5. The maximum absolute atomic E-state index is 12.8. The molecule has 0 N–H and O–H groups in total. The average Bonchev–Trinajstić information content (AvgIpc) is 3.08. The highest BCUT2D eigenvalue weighted by Crippen LogP contribution is 2.21. The highest BCUT2D eigenvalue weighted by Gasteiger charge is 2.21. The van der Waals surface area contributed by atoms with Crippen molar-refractivity contribution in [1.29, 1.82) is 0 Å². The number of benzene rings is 2. The Kier molecular flexibility index (Phi) is 5.41. The third-order valence-corrected chi connectivity index (χ3v) is 4.20. The van der Waals surface area contributed by atoms with Crippen molar-refractivity contribution in [3.63, 3.8) is 0 Å². The van der Waals surface area contributed by atoms with Gasteiger partial charge in [-0.05, 0) is 48.4 Å². The van der Waals surface area contributed by atoms with Crippen LogP contribution < -0.4 is 4.90 Å². The lowest BCUT2D eigenvalue weighted by Crippen LogP contribution is -2.23. The number of Topliss-reactive ketones (excluding diaryl/α,β-unsaturated/α-hetero) is 1. The van der Waals surface area contributed by atoms with Gasteiger partial charge in [-0.25, -0.2) is 4.39 Å². The summed E-state index contributed by atoms with van der Waals surface area (Å²) in [6, 6.07) is 12.2. The highest BCUT2D eigenvalue weighted by molar-refractivity contribution is 5.99. The van der Waals surface area contributed by atoms with Gasteiger partial charge in [0, 0.05) is 24.2 Å². The van der Waals surface area contributed by atoms with Gasteiger partial charge < -0.3 is 9.64 Å². The molecule has 1 heterocycles. The SMILES string of the molecule is O=C(Cc1ccc(F)cc1)OCC(=O)c1ccc(N2CCCC2=O)cc1. The lowest BCUT2D eigenvalue weighted by atomic mass is 10.1. The van der Waals surface area contributed by atoms with Crippen LogP contribution >= 0.6 is 0 Å². The summed E-state index contributed by atoms with van der Waals surface area (Å²) in [6.45, 7) is 0.329. The van der Waals surface area contributed by atoms with Gasteiger partial charge in [-0.3, -0.25) is 14.4 Å². The summed E-state index contributed by atoms with van der Waals surface area (Å²) < 4.78 is 17.8. The number of halogens is 1. The molecule has 2 aromatic carbocycles. The number of carbonyl (C=O) groups is 3. The van der Waals surface area contributed by atoms with E-state index in [0.29, 0.717) is 24.1 Å². The fraction of sp³-hybridized carbons (Fsp3) is 0.250. The van der Waals surface area contributed by atoms with Gasteiger partial charge in [0.05, 0.1) is 6.42 Å². The van der Waals surface area contributed by atoms with Gasteiger partial charge in [0.15, 0.2) is 12.4 Å². The van der Waals surface area contributed by atoms with Crippen molar-refractivity contribution >= 4 is 23.3 Å². The van der Waals surface area contributed by atoms with Gasteiger partial charge >= 0.3 is 5.97 Å². The smallest absolute Gasteiger partial charge is 0.310 e. The topological polar surface area (TPSA) is 63.7 Å². The fourth-order valence-corrected chi connectivity index (χ4v) is 2.80. The van der Waals surface area contributed by atoms with Crippen LogP contribution in [-0.2, 0) is 20.7 Å². The van der Waals surface area contributed by atoms with Crippen LogP contribution in [0.1, 0.15) is 28.8 Å². The van der Waals surface area contributed by atoms with E-state index in [4.69, 9.17) is 4.74 Å². The number of carbonyl (C=O) groups excluding carboxylic acids is 3. The Balaban J connectivity index is 1.52. The van der Waals surface area contributed by atoms with Crippen LogP contribution in [0.5, 0.6) is 0 Å². The first-order valence-corrected chi connectivity index (χ1v) is 8.36. The van der Waals surface area contributed by atoms with Crippen molar-refractivity contribution in [2.45, 2.75) is 19.3 Å². The molecule has 134 valence electrons. The molecule has 5 nitrogen and oxygen atoms in total. The van der Waals surface area contributed by atoms with Crippen LogP contribution in [0.3, 0.4) is 0 Å². The third kappa shape index (κ3) is 4.33. The number of ether oxygens (including phenoxy) is 1. The van der Waals surface area contributed by atoms with E-state index >= 15 is 0 Å². The molecule has 1 fully saturated rings. The van der Waals surface area contributed by atoms with Crippen molar-refractivity contribution in [3.05, 3.63) is 65.5 Å². The zero-order valence-electron chi connectivity index (χ0n) is 14.1. The Morgan fingerprint density at radius 3 is 2.35 bits per heavy atom. The second-order valence-corrected chi connectivity index (χ2v) is 6.08. The third-order valence-electron chi connectivity index (χ3n) is 4.20. The monoisotopic (exact) mass is 355 g/mol. The molecule has 1 saturated heterocycles. The standard InChI is InChI=1S/C20H18FNO4/c21-16-7-3-14(4-8-16)12-20(25)26-13-18(23)15-5-9-17(10-6-15)22-11-1-2-19(22)24/h3-10H,1-2,11-13H2. The van der Waals surface area contributed by atoms with Gasteiger partial charge in [0.25, 0.3) is 0 Å². The highest BCUT2D eigenvalue weighted by atomic mass is 19.1. The first-order chi connectivity index (χ1) is 12.5. The number of hydrogen-bond acceptors (Lipinski definition) is 4. The fourth-order valence-electron chi connectivity index (χ4n) is 2.80. The molecule has 0 saturated carbocycles. The summed E-state index contributed by atoms with van der Waals surface area (Å²) in [5.74, 6) is -1.17. The maximum atomic E-state index is 12.8. The van der Waals surface area contributed by atoms with Crippen molar-refractivity contribution in [1.82, 2.24) is 0 Å². The summed E-state index contributed by atoms with van der Waals surface area (Å²) in [6.07, 6.45) is 1.36. The molecule has 0 aromatic heterocycles. The Bertz CT molecular complexity index is 815. The molecule has 1 aliphatic heterocycles. The van der Waals surface area contributed by atoms with Crippen molar-refractivity contribution in [2.24, 2.45) is 0 Å². The molecule has 1 amide bonds. The van der Waals surface area contributed by atoms with Crippen LogP contribution in [0.25, 0.3) is 0 Å². The second-order valence-electron chi connectivity index (χ2n) is 6.08. The molecule has 0 spiro atoms.